The van der Waals surface area contributed by atoms with E-state index >= 15 is 0 Å². The minimum atomic E-state index is 0.228. The van der Waals surface area contributed by atoms with Crippen LogP contribution in [0.2, 0.25) is 0 Å². The summed E-state index contributed by atoms with van der Waals surface area (Å²) in [5.74, 6) is 1.67. The summed E-state index contributed by atoms with van der Waals surface area (Å²) >= 11 is 0. The van der Waals surface area contributed by atoms with Crippen LogP contribution in [0.5, 0.6) is 5.75 Å². The Bertz CT molecular complexity index is 342. The molecule has 1 aromatic carbocycles. The summed E-state index contributed by atoms with van der Waals surface area (Å²) in [6, 6.07) is 8.20. The molecule has 3 nitrogen and oxygen atoms in total. The van der Waals surface area contributed by atoms with E-state index in [-0.39, 0.29) is 6.10 Å². The lowest BCUT2D eigenvalue weighted by atomic mass is 10.0. The molecule has 100 valence electrons. The van der Waals surface area contributed by atoms with E-state index in [2.05, 4.69) is 17.4 Å². The second kappa shape index (κ2) is 6.64. The Balaban J connectivity index is 1.78. The maximum absolute atomic E-state index is 5.62. The lowest BCUT2D eigenvalue weighted by Gasteiger charge is -2.22. The molecule has 1 aliphatic rings. The van der Waals surface area contributed by atoms with Crippen LogP contribution in [0.25, 0.3) is 0 Å². The summed E-state index contributed by atoms with van der Waals surface area (Å²) < 4.78 is 11.0. The second-order valence-corrected chi connectivity index (χ2v) is 5.13. The van der Waals surface area contributed by atoms with Crippen LogP contribution in [0.3, 0.4) is 0 Å². The Labute approximate surface area is 109 Å². The lowest BCUT2D eigenvalue weighted by Crippen LogP contribution is -2.22. The summed E-state index contributed by atoms with van der Waals surface area (Å²) in [6.07, 6.45) is 2.56. The number of nitrogens with one attached hydrogen (secondary N) is 1. The highest BCUT2D eigenvalue weighted by atomic mass is 16.5. The molecule has 1 fully saturated rings. The van der Waals surface area contributed by atoms with E-state index in [0.717, 1.165) is 37.1 Å². The first-order valence-corrected chi connectivity index (χ1v) is 6.82. The fourth-order valence-corrected chi connectivity index (χ4v) is 2.14. The first-order valence-electron chi connectivity index (χ1n) is 6.82. The number of rotatable bonds is 5. The number of ether oxygens (including phenoxy) is 2. The molecule has 3 heteroatoms. The van der Waals surface area contributed by atoms with Crippen LogP contribution in [0.1, 0.15) is 26.7 Å². The summed E-state index contributed by atoms with van der Waals surface area (Å²) in [7, 11) is 0. The Morgan fingerprint density at radius 3 is 2.50 bits per heavy atom. The van der Waals surface area contributed by atoms with Gasteiger partial charge in [-0.1, -0.05) is 0 Å². The molecule has 0 aliphatic carbocycles. The first kappa shape index (κ1) is 13.2. The maximum Gasteiger partial charge on any atom is 0.119 e. The Hall–Kier alpha value is -1.22. The van der Waals surface area contributed by atoms with Gasteiger partial charge in [-0.3, -0.25) is 0 Å². The number of anilines is 1. The predicted molar refractivity (Wildman–Crippen MR) is 74.2 cm³/mol. The van der Waals surface area contributed by atoms with Crippen molar-refractivity contribution < 1.29 is 9.47 Å². The number of hydrogen-bond acceptors (Lipinski definition) is 3. The van der Waals surface area contributed by atoms with Crippen molar-refractivity contribution >= 4 is 5.69 Å². The molecule has 0 spiro atoms. The molecule has 1 N–H and O–H groups in total. The van der Waals surface area contributed by atoms with Crippen molar-refractivity contribution in [3.05, 3.63) is 24.3 Å². The average molecular weight is 249 g/mol. The van der Waals surface area contributed by atoms with Gasteiger partial charge >= 0.3 is 0 Å². The largest absolute Gasteiger partial charge is 0.491 e. The summed E-state index contributed by atoms with van der Waals surface area (Å²) in [6.45, 7) is 6.93. The van der Waals surface area contributed by atoms with Crippen LogP contribution in [0.15, 0.2) is 24.3 Å². The van der Waals surface area contributed by atoms with E-state index in [1.54, 1.807) is 0 Å². The monoisotopic (exact) mass is 249 g/mol. The van der Waals surface area contributed by atoms with Gasteiger partial charge in [-0.15, -0.1) is 0 Å². The highest BCUT2D eigenvalue weighted by Gasteiger charge is 2.13. The van der Waals surface area contributed by atoms with Crippen molar-refractivity contribution in [2.45, 2.75) is 32.8 Å². The minimum absolute atomic E-state index is 0.228. The SMILES string of the molecule is CC(C)Oc1ccc(NCC2CCOCC2)cc1. The van der Waals surface area contributed by atoms with Gasteiger partial charge in [0.1, 0.15) is 5.75 Å². The molecule has 0 atom stereocenters. The fourth-order valence-electron chi connectivity index (χ4n) is 2.14. The normalized spacial score (nSPS) is 16.8. The zero-order valence-corrected chi connectivity index (χ0v) is 11.3. The molecule has 2 rings (SSSR count). The van der Waals surface area contributed by atoms with Crippen molar-refractivity contribution in [2.24, 2.45) is 5.92 Å². The van der Waals surface area contributed by atoms with Gasteiger partial charge < -0.3 is 14.8 Å². The summed E-state index contributed by atoms with van der Waals surface area (Å²) in [5.41, 5.74) is 1.16. The summed E-state index contributed by atoms with van der Waals surface area (Å²) in [5, 5.41) is 3.48. The topological polar surface area (TPSA) is 30.5 Å². The highest BCUT2D eigenvalue weighted by molar-refractivity contribution is 5.46. The predicted octanol–water partition coefficient (Wildman–Crippen LogP) is 3.31. The van der Waals surface area contributed by atoms with Crippen LogP contribution in [-0.2, 0) is 4.74 Å². The van der Waals surface area contributed by atoms with Gasteiger partial charge in [0, 0.05) is 25.4 Å². The van der Waals surface area contributed by atoms with E-state index in [4.69, 9.17) is 9.47 Å². The van der Waals surface area contributed by atoms with Gasteiger partial charge in [0.2, 0.25) is 0 Å². The van der Waals surface area contributed by atoms with Crippen LogP contribution in [0.4, 0.5) is 5.69 Å². The quantitative estimate of drug-likeness (QED) is 0.868. The zero-order valence-electron chi connectivity index (χ0n) is 11.3. The Morgan fingerprint density at radius 1 is 1.22 bits per heavy atom. The molecular weight excluding hydrogens is 226 g/mol. The molecule has 1 saturated heterocycles. The molecule has 0 radical (unpaired) electrons. The first-order chi connectivity index (χ1) is 8.74. The maximum atomic E-state index is 5.62. The van der Waals surface area contributed by atoms with Gasteiger partial charge in [0.05, 0.1) is 6.10 Å². The molecule has 0 aromatic heterocycles. The van der Waals surface area contributed by atoms with E-state index < -0.39 is 0 Å². The standard InChI is InChI=1S/C15H23NO2/c1-12(2)18-15-5-3-14(4-6-15)16-11-13-7-9-17-10-8-13/h3-6,12-13,16H,7-11H2,1-2H3. The zero-order chi connectivity index (χ0) is 12.8. The fraction of sp³-hybridized carbons (Fsp3) is 0.600. The van der Waals surface area contributed by atoms with Crippen molar-refractivity contribution in [1.29, 1.82) is 0 Å². The van der Waals surface area contributed by atoms with E-state index in [1.165, 1.54) is 12.8 Å². The molecule has 18 heavy (non-hydrogen) atoms. The van der Waals surface area contributed by atoms with Gasteiger partial charge in [0.25, 0.3) is 0 Å². The molecule has 0 saturated carbocycles. The molecule has 0 amide bonds. The molecule has 1 heterocycles. The van der Waals surface area contributed by atoms with Crippen LogP contribution in [-0.4, -0.2) is 25.9 Å². The molecule has 0 unspecified atom stereocenters. The average Bonchev–Trinajstić information content (AvgIpc) is 2.38. The van der Waals surface area contributed by atoms with Crippen LogP contribution in [0, 0.1) is 5.92 Å². The Morgan fingerprint density at radius 2 is 1.89 bits per heavy atom. The van der Waals surface area contributed by atoms with Crippen LogP contribution < -0.4 is 10.1 Å². The third-order valence-electron chi connectivity index (χ3n) is 3.16. The third kappa shape index (κ3) is 4.22. The lowest BCUT2D eigenvalue weighted by molar-refractivity contribution is 0.0699. The molecule has 0 bridgehead atoms. The van der Waals surface area contributed by atoms with Gasteiger partial charge in [-0.05, 0) is 56.9 Å². The number of benzene rings is 1. The van der Waals surface area contributed by atoms with E-state index in [0.29, 0.717) is 0 Å². The molecule has 1 aromatic rings. The molecular formula is C15H23NO2. The van der Waals surface area contributed by atoms with E-state index in [1.807, 2.05) is 26.0 Å². The van der Waals surface area contributed by atoms with Gasteiger partial charge in [0.15, 0.2) is 0 Å². The summed E-state index contributed by atoms with van der Waals surface area (Å²) in [4.78, 5) is 0. The van der Waals surface area contributed by atoms with E-state index in [9.17, 15) is 0 Å². The highest BCUT2D eigenvalue weighted by Crippen LogP contribution is 2.19. The molecule has 1 aliphatic heterocycles. The third-order valence-corrected chi connectivity index (χ3v) is 3.16. The smallest absolute Gasteiger partial charge is 0.119 e. The minimum Gasteiger partial charge on any atom is -0.491 e. The number of hydrogen-bond donors (Lipinski definition) is 1. The second-order valence-electron chi connectivity index (χ2n) is 5.13. The van der Waals surface area contributed by atoms with Gasteiger partial charge in [-0.2, -0.15) is 0 Å². The van der Waals surface area contributed by atoms with Crippen molar-refractivity contribution in [2.75, 3.05) is 25.1 Å². The van der Waals surface area contributed by atoms with Crippen LogP contribution >= 0.6 is 0 Å². The van der Waals surface area contributed by atoms with Gasteiger partial charge in [-0.25, -0.2) is 0 Å². The van der Waals surface area contributed by atoms with Crippen molar-refractivity contribution in [1.82, 2.24) is 0 Å². The van der Waals surface area contributed by atoms with Crippen molar-refractivity contribution in [3.63, 3.8) is 0 Å². The van der Waals surface area contributed by atoms with Crippen molar-refractivity contribution in [3.8, 4) is 5.75 Å². The Kier molecular flexibility index (Phi) is 4.88.